The van der Waals surface area contributed by atoms with E-state index in [1.807, 2.05) is 0 Å². The van der Waals surface area contributed by atoms with Crippen LogP contribution in [0.15, 0.2) is 24.3 Å². The molecule has 2 aromatic heterocycles. The first-order chi connectivity index (χ1) is 9.97. The molecule has 21 heavy (non-hydrogen) atoms. The average Bonchev–Trinajstić information content (AvgIpc) is 2.76. The Hall–Kier alpha value is -1.47. The van der Waals surface area contributed by atoms with Crippen LogP contribution in [0.5, 0.6) is 0 Å². The largest absolute Gasteiger partial charge is 0.281 e. The third-order valence-electron chi connectivity index (χ3n) is 2.75. The van der Waals surface area contributed by atoms with Crippen molar-refractivity contribution in [1.82, 2.24) is 9.97 Å². The van der Waals surface area contributed by atoms with Crippen molar-refractivity contribution < 1.29 is 4.92 Å². The van der Waals surface area contributed by atoms with E-state index in [1.165, 1.54) is 23.5 Å². The summed E-state index contributed by atoms with van der Waals surface area (Å²) in [5.74, 6) is 0.279. The lowest BCUT2D eigenvalue weighted by molar-refractivity contribution is -0.383. The molecule has 0 radical (unpaired) electrons. The molecule has 0 aliphatic heterocycles. The Labute approximate surface area is 137 Å². The van der Waals surface area contributed by atoms with Gasteiger partial charge in [0.25, 0.3) is 5.69 Å². The average molecular weight is 361 g/mol. The standard InChI is InChI=1S/C12H4Cl3N3O2S/c13-8-4-5(11(15)21-8)12-16-6-2-1-3-7(18(19)20)9(6)10(14)17-12/h1-4H. The topological polar surface area (TPSA) is 68.9 Å². The molecular weight excluding hydrogens is 357 g/mol. The lowest BCUT2D eigenvalue weighted by Gasteiger charge is -2.04. The number of non-ortho nitro benzene ring substituents is 1. The molecule has 0 unspecified atom stereocenters. The molecule has 3 aromatic rings. The maximum Gasteiger partial charge on any atom is 0.281 e. The van der Waals surface area contributed by atoms with Crippen LogP contribution in [0.3, 0.4) is 0 Å². The van der Waals surface area contributed by atoms with Gasteiger partial charge in [-0.1, -0.05) is 40.9 Å². The van der Waals surface area contributed by atoms with Crippen molar-refractivity contribution >= 4 is 62.7 Å². The van der Waals surface area contributed by atoms with Gasteiger partial charge >= 0.3 is 0 Å². The molecule has 106 valence electrons. The Balaban J connectivity index is 2.30. The van der Waals surface area contributed by atoms with Gasteiger partial charge in [-0.15, -0.1) is 11.3 Å². The van der Waals surface area contributed by atoms with Crippen molar-refractivity contribution in [3.8, 4) is 11.4 Å². The number of aromatic nitrogens is 2. The second-order valence-corrected chi connectivity index (χ2v) is 6.65. The second-order valence-electron chi connectivity index (χ2n) is 4.00. The van der Waals surface area contributed by atoms with Crippen molar-refractivity contribution in [2.24, 2.45) is 0 Å². The normalized spacial score (nSPS) is 11.0. The summed E-state index contributed by atoms with van der Waals surface area (Å²) in [4.78, 5) is 18.9. The fourth-order valence-corrected chi connectivity index (χ4v) is 3.62. The summed E-state index contributed by atoms with van der Waals surface area (Å²) < 4.78 is 0.926. The van der Waals surface area contributed by atoms with Gasteiger partial charge < -0.3 is 0 Å². The maximum absolute atomic E-state index is 11.0. The van der Waals surface area contributed by atoms with Gasteiger partial charge in [-0.25, -0.2) is 9.97 Å². The van der Waals surface area contributed by atoms with E-state index in [-0.39, 0.29) is 22.1 Å². The van der Waals surface area contributed by atoms with Crippen LogP contribution in [0.4, 0.5) is 5.69 Å². The molecule has 2 heterocycles. The number of halogens is 3. The van der Waals surface area contributed by atoms with Crippen molar-refractivity contribution in [3.05, 3.63) is 48.2 Å². The minimum atomic E-state index is -0.522. The summed E-state index contributed by atoms with van der Waals surface area (Å²) >= 11 is 19.2. The number of benzene rings is 1. The molecule has 0 spiro atoms. The van der Waals surface area contributed by atoms with Crippen molar-refractivity contribution in [3.63, 3.8) is 0 Å². The first kappa shape index (κ1) is 14.5. The van der Waals surface area contributed by atoms with E-state index in [0.717, 1.165) is 0 Å². The highest BCUT2D eigenvalue weighted by Gasteiger charge is 2.19. The molecule has 0 fully saturated rings. The van der Waals surface area contributed by atoms with Gasteiger partial charge in [0.2, 0.25) is 0 Å². The number of nitro benzene ring substituents is 1. The van der Waals surface area contributed by atoms with E-state index in [0.29, 0.717) is 19.8 Å². The number of nitro groups is 1. The molecule has 0 bridgehead atoms. The SMILES string of the molecule is O=[N+]([O-])c1cccc2nc(-c3cc(Cl)sc3Cl)nc(Cl)c12. The molecule has 0 amide bonds. The molecule has 9 heteroatoms. The molecule has 5 nitrogen and oxygen atoms in total. The van der Waals surface area contributed by atoms with Gasteiger partial charge in [0.1, 0.15) is 14.9 Å². The number of thiophene rings is 1. The van der Waals surface area contributed by atoms with Gasteiger partial charge in [-0.3, -0.25) is 10.1 Å². The van der Waals surface area contributed by atoms with Crippen molar-refractivity contribution in [1.29, 1.82) is 0 Å². The maximum atomic E-state index is 11.0. The van der Waals surface area contributed by atoms with Crippen molar-refractivity contribution in [2.45, 2.75) is 0 Å². The van der Waals surface area contributed by atoms with Crippen LogP contribution in [-0.2, 0) is 0 Å². The van der Waals surface area contributed by atoms with Crippen LogP contribution in [0.25, 0.3) is 22.3 Å². The summed E-state index contributed by atoms with van der Waals surface area (Å²) in [6.07, 6.45) is 0. The van der Waals surface area contributed by atoms with Crippen molar-refractivity contribution in [2.75, 3.05) is 0 Å². The Morgan fingerprint density at radius 2 is 1.95 bits per heavy atom. The number of rotatable bonds is 2. The highest BCUT2D eigenvalue weighted by molar-refractivity contribution is 7.20. The second kappa shape index (κ2) is 5.38. The lowest BCUT2D eigenvalue weighted by atomic mass is 10.2. The molecule has 0 atom stereocenters. The molecule has 0 aliphatic carbocycles. The molecule has 0 aliphatic rings. The smallest absolute Gasteiger partial charge is 0.258 e. The third-order valence-corrected chi connectivity index (χ3v) is 4.51. The first-order valence-electron chi connectivity index (χ1n) is 5.53. The van der Waals surface area contributed by atoms with Crippen LogP contribution in [0.1, 0.15) is 0 Å². The highest BCUT2D eigenvalue weighted by Crippen LogP contribution is 2.38. The van der Waals surface area contributed by atoms with Gasteiger partial charge in [0, 0.05) is 6.07 Å². The van der Waals surface area contributed by atoms with E-state index >= 15 is 0 Å². The number of hydrogen-bond donors (Lipinski definition) is 0. The number of nitrogens with zero attached hydrogens (tertiary/aromatic N) is 3. The quantitative estimate of drug-likeness (QED) is 0.356. The monoisotopic (exact) mass is 359 g/mol. The summed E-state index contributed by atoms with van der Waals surface area (Å²) in [5.41, 5.74) is 0.776. The fourth-order valence-electron chi connectivity index (χ4n) is 1.89. The van der Waals surface area contributed by atoms with Crippen LogP contribution < -0.4 is 0 Å². The Kier molecular flexibility index (Phi) is 3.71. The van der Waals surface area contributed by atoms with E-state index in [9.17, 15) is 10.1 Å². The van der Waals surface area contributed by atoms with Gasteiger partial charge in [-0.05, 0) is 12.1 Å². The molecule has 3 rings (SSSR count). The third kappa shape index (κ3) is 2.55. The zero-order chi connectivity index (χ0) is 15.1. The van der Waals surface area contributed by atoms with Crippen LogP contribution in [-0.4, -0.2) is 14.9 Å². The molecule has 0 N–H and O–H groups in total. The highest BCUT2D eigenvalue weighted by atomic mass is 35.5. The van der Waals surface area contributed by atoms with Crippen LogP contribution >= 0.6 is 46.1 Å². The minimum absolute atomic E-state index is 0.000638. The summed E-state index contributed by atoms with van der Waals surface area (Å²) in [5, 5.41) is 11.2. The zero-order valence-corrected chi connectivity index (χ0v) is 13.1. The summed E-state index contributed by atoms with van der Waals surface area (Å²) in [6.45, 7) is 0. The minimum Gasteiger partial charge on any atom is -0.258 e. The van der Waals surface area contributed by atoms with Gasteiger partial charge in [0.05, 0.1) is 20.3 Å². The van der Waals surface area contributed by atoms with E-state index in [4.69, 9.17) is 34.8 Å². The Morgan fingerprint density at radius 3 is 2.57 bits per heavy atom. The molecular formula is C12H4Cl3N3O2S. The first-order valence-corrected chi connectivity index (χ1v) is 7.48. The lowest BCUT2D eigenvalue weighted by Crippen LogP contribution is -1.95. The molecule has 0 saturated heterocycles. The van der Waals surface area contributed by atoms with E-state index < -0.39 is 4.92 Å². The van der Waals surface area contributed by atoms with Gasteiger partial charge in [0.15, 0.2) is 5.82 Å². The van der Waals surface area contributed by atoms with E-state index in [1.54, 1.807) is 12.1 Å². The molecule has 1 aromatic carbocycles. The predicted octanol–water partition coefficient (Wildman–Crippen LogP) is 5.23. The van der Waals surface area contributed by atoms with E-state index in [2.05, 4.69) is 9.97 Å². The predicted molar refractivity (Wildman–Crippen MR) is 84.5 cm³/mol. The fraction of sp³-hybridized carbons (Fsp3) is 0. The van der Waals surface area contributed by atoms with Gasteiger partial charge in [-0.2, -0.15) is 0 Å². The zero-order valence-electron chi connectivity index (χ0n) is 10.0. The molecule has 0 saturated carbocycles. The van der Waals surface area contributed by atoms with Crippen LogP contribution in [0.2, 0.25) is 13.8 Å². The Morgan fingerprint density at radius 1 is 1.19 bits per heavy atom. The Bertz CT molecular complexity index is 882. The number of hydrogen-bond acceptors (Lipinski definition) is 5. The summed E-state index contributed by atoms with van der Waals surface area (Å²) in [6, 6.07) is 6.14. The summed E-state index contributed by atoms with van der Waals surface area (Å²) in [7, 11) is 0. The van der Waals surface area contributed by atoms with Crippen LogP contribution in [0, 0.1) is 10.1 Å². The number of fused-ring (bicyclic) bond motifs is 1.